The van der Waals surface area contributed by atoms with Crippen LogP contribution in [-0.2, 0) is 11.3 Å². The van der Waals surface area contributed by atoms with E-state index in [0.29, 0.717) is 12.4 Å². The average Bonchev–Trinajstić information content (AvgIpc) is 2.96. The molecule has 0 fully saturated rings. The smallest absolute Gasteiger partial charge is 0.358 e. The van der Waals surface area contributed by atoms with Gasteiger partial charge in [0.1, 0.15) is 11.3 Å². The number of esters is 1. The third kappa shape index (κ3) is 2.76. The second kappa shape index (κ2) is 5.85. The lowest BCUT2D eigenvalue weighted by Gasteiger charge is -2.15. The zero-order chi connectivity index (χ0) is 15.5. The van der Waals surface area contributed by atoms with Gasteiger partial charge in [-0.15, -0.1) is 10.2 Å². The van der Waals surface area contributed by atoms with Crippen molar-refractivity contribution in [1.82, 2.24) is 10.2 Å². The van der Waals surface area contributed by atoms with E-state index in [2.05, 4.69) is 14.9 Å². The number of hydrogen-bond donors (Lipinski definition) is 0. The van der Waals surface area contributed by atoms with Crippen molar-refractivity contribution < 1.29 is 13.9 Å². The van der Waals surface area contributed by atoms with Crippen molar-refractivity contribution in [2.75, 3.05) is 19.1 Å². The van der Waals surface area contributed by atoms with E-state index in [1.54, 1.807) is 12.1 Å². The number of ether oxygens (including phenoxy) is 1. The van der Waals surface area contributed by atoms with E-state index in [4.69, 9.17) is 4.42 Å². The standard InChI is InChI=1S/C16H15N3O3/c1-19(15-8-7-13(17-18-15)16(20)21-2)10-12-9-11-5-3-4-6-14(11)22-12/h3-9H,10H2,1-2H3. The van der Waals surface area contributed by atoms with Gasteiger partial charge in [0, 0.05) is 12.4 Å². The number of para-hydroxylation sites is 1. The minimum absolute atomic E-state index is 0.184. The van der Waals surface area contributed by atoms with Crippen LogP contribution in [0.1, 0.15) is 16.2 Å². The number of aromatic nitrogens is 2. The summed E-state index contributed by atoms with van der Waals surface area (Å²) in [6, 6.07) is 13.2. The largest absolute Gasteiger partial charge is 0.464 e. The molecule has 6 nitrogen and oxygen atoms in total. The van der Waals surface area contributed by atoms with Crippen LogP contribution in [0.15, 0.2) is 46.9 Å². The normalized spacial score (nSPS) is 10.6. The molecule has 22 heavy (non-hydrogen) atoms. The van der Waals surface area contributed by atoms with Crippen LogP contribution in [0.4, 0.5) is 5.82 Å². The molecule has 0 saturated heterocycles. The van der Waals surface area contributed by atoms with Crippen molar-refractivity contribution in [3.63, 3.8) is 0 Å². The fourth-order valence-electron chi connectivity index (χ4n) is 2.17. The zero-order valence-corrected chi connectivity index (χ0v) is 12.3. The number of furan rings is 1. The number of methoxy groups -OCH3 is 1. The maximum atomic E-state index is 11.3. The highest BCUT2D eigenvalue weighted by Crippen LogP contribution is 2.21. The molecule has 0 bridgehead atoms. The monoisotopic (exact) mass is 297 g/mol. The van der Waals surface area contributed by atoms with E-state index in [0.717, 1.165) is 16.7 Å². The molecule has 0 radical (unpaired) electrons. The Bertz CT molecular complexity index is 763. The summed E-state index contributed by atoms with van der Waals surface area (Å²) < 4.78 is 10.4. The highest BCUT2D eigenvalue weighted by atomic mass is 16.5. The number of carbonyl (C=O) groups excluding carboxylic acids is 1. The van der Waals surface area contributed by atoms with Crippen molar-refractivity contribution in [3.05, 3.63) is 53.9 Å². The van der Waals surface area contributed by atoms with Crippen LogP contribution in [0.3, 0.4) is 0 Å². The second-order valence-corrected chi connectivity index (χ2v) is 4.87. The van der Waals surface area contributed by atoms with Crippen LogP contribution < -0.4 is 4.90 Å². The molecule has 0 aliphatic rings. The molecule has 0 amide bonds. The Morgan fingerprint density at radius 2 is 2.05 bits per heavy atom. The van der Waals surface area contributed by atoms with E-state index in [9.17, 15) is 4.79 Å². The van der Waals surface area contributed by atoms with Gasteiger partial charge in [0.05, 0.1) is 13.7 Å². The van der Waals surface area contributed by atoms with Crippen molar-refractivity contribution in [2.24, 2.45) is 0 Å². The van der Waals surface area contributed by atoms with Crippen LogP contribution in [0.25, 0.3) is 11.0 Å². The Hall–Kier alpha value is -2.89. The summed E-state index contributed by atoms with van der Waals surface area (Å²) in [7, 11) is 3.20. The highest BCUT2D eigenvalue weighted by Gasteiger charge is 2.11. The van der Waals surface area contributed by atoms with Gasteiger partial charge in [-0.05, 0) is 24.3 Å². The first-order valence-corrected chi connectivity index (χ1v) is 6.78. The number of fused-ring (bicyclic) bond motifs is 1. The summed E-state index contributed by atoms with van der Waals surface area (Å²) in [5.41, 5.74) is 1.04. The second-order valence-electron chi connectivity index (χ2n) is 4.87. The van der Waals surface area contributed by atoms with Gasteiger partial charge in [0.2, 0.25) is 0 Å². The van der Waals surface area contributed by atoms with Gasteiger partial charge >= 0.3 is 5.97 Å². The Labute approximate surface area is 127 Å². The van der Waals surface area contributed by atoms with Crippen molar-refractivity contribution >= 4 is 22.8 Å². The molecule has 0 spiro atoms. The lowest BCUT2D eigenvalue weighted by atomic mass is 10.2. The molecular formula is C16H15N3O3. The third-order valence-electron chi connectivity index (χ3n) is 3.31. The summed E-state index contributed by atoms with van der Waals surface area (Å²) >= 11 is 0. The first-order chi connectivity index (χ1) is 10.7. The summed E-state index contributed by atoms with van der Waals surface area (Å²) in [6.45, 7) is 0.556. The van der Waals surface area contributed by atoms with E-state index < -0.39 is 5.97 Å². The van der Waals surface area contributed by atoms with Gasteiger partial charge in [-0.1, -0.05) is 18.2 Å². The van der Waals surface area contributed by atoms with Gasteiger partial charge in [0.25, 0.3) is 0 Å². The predicted octanol–water partition coefficient (Wildman–Crippen LogP) is 2.65. The summed E-state index contributed by atoms with van der Waals surface area (Å²) in [6.07, 6.45) is 0. The average molecular weight is 297 g/mol. The molecular weight excluding hydrogens is 282 g/mol. The fraction of sp³-hybridized carbons (Fsp3) is 0.188. The molecule has 6 heteroatoms. The van der Waals surface area contributed by atoms with Crippen molar-refractivity contribution in [1.29, 1.82) is 0 Å². The Morgan fingerprint density at radius 1 is 1.23 bits per heavy atom. The first kappa shape index (κ1) is 14.1. The quantitative estimate of drug-likeness (QED) is 0.690. The van der Waals surface area contributed by atoms with E-state index >= 15 is 0 Å². The molecule has 0 saturated carbocycles. The molecule has 1 aromatic carbocycles. The van der Waals surface area contributed by atoms with Crippen LogP contribution in [0.5, 0.6) is 0 Å². The SMILES string of the molecule is COC(=O)c1ccc(N(C)Cc2cc3ccccc3o2)nn1. The molecule has 3 aromatic rings. The summed E-state index contributed by atoms with van der Waals surface area (Å²) in [5, 5.41) is 8.96. The lowest BCUT2D eigenvalue weighted by Crippen LogP contribution is -2.18. The molecule has 2 aromatic heterocycles. The summed E-state index contributed by atoms with van der Waals surface area (Å²) in [5.74, 6) is 0.981. The van der Waals surface area contributed by atoms with Crippen molar-refractivity contribution in [3.8, 4) is 0 Å². The van der Waals surface area contributed by atoms with Gasteiger partial charge in [-0.3, -0.25) is 0 Å². The number of benzene rings is 1. The van der Waals surface area contributed by atoms with Gasteiger partial charge in [-0.2, -0.15) is 0 Å². The molecule has 0 aliphatic heterocycles. The molecule has 0 atom stereocenters. The predicted molar refractivity (Wildman–Crippen MR) is 81.7 cm³/mol. The number of nitrogens with zero attached hydrogens (tertiary/aromatic N) is 3. The van der Waals surface area contributed by atoms with E-state index in [-0.39, 0.29) is 5.69 Å². The van der Waals surface area contributed by atoms with E-state index in [1.807, 2.05) is 42.3 Å². The zero-order valence-electron chi connectivity index (χ0n) is 12.3. The van der Waals surface area contributed by atoms with Crippen LogP contribution in [-0.4, -0.2) is 30.3 Å². The van der Waals surface area contributed by atoms with Crippen LogP contribution >= 0.6 is 0 Å². The molecule has 3 rings (SSSR count). The third-order valence-corrected chi connectivity index (χ3v) is 3.31. The van der Waals surface area contributed by atoms with Crippen LogP contribution in [0.2, 0.25) is 0 Å². The Morgan fingerprint density at radius 3 is 2.73 bits per heavy atom. The van der Waals surface area contributed by atoms with Gasteiger partial charge in [0.15, 0.2) is 11.5 Å². The van der Waals surface area contributed by atoms with Crippen molar-refractivity contribution in [2.45, 2.75) is 6.54 Å². The van der Waals surface area contributed by atoms with Gasteiger partial charge < -0.3 is 14.1 Å². The fourth-order valence-corrected chi connectivity index (χ4v) is 2.17. The highest BCUT2D eigenvalue weighted by molar-refractivity contribution is 5.87. The molecule has 0 aliphatic carbocycles. The molecule has 2 heterocycles. The Kier molecular flexibility index (Phi) is 3.74. The number of rotatable bonds is 4. The van der Waals surface area contributed by atoms with Crippen LogP contribution in [0, 0.1) is 0 Å². The summed E-state index contributed by atoms with van der Waals surface area (Å²) in [4.78, 5) is 13.2. The Balaban J connectivity index is 1.76. The number of hydrogen-bond acceptors (Lipinski definition) is 6. The number of anilines is 1. The first-order valence-electron chi connectivity index (χ1n) is 6.78. The minimum atomic E-state index is -0.501. The number of carbonyl (C=O) groups is 1. The maximum Gasteiger partial charge on any atom is 0.358 e. The lowest BCUT2D eigenvalue weighted by molar-refractivity contribution is 0.0592. The van der Waals surface area contributed by atoms with E-state index in [1.165, 1.54) is 7.11 Å². The molecule has 112 valence electrons. The minimum Gasteiger partial charge on any atom is -0.464 e. The maximum absolute atomic E-state index is 11.3. The molecule has 0 N–H and O–H groups in total. The topological polar surface area (TPSA) is 68.5 Å². The molecule has 0 unspecified atom stereocenters. The van der Waals surface area contributed by atoms with Gasteiger partial charge in [-0.25, -0.2) is 4.79 Å².